The van der Waals surface area contributed by atoms with Crippen LogP contribution in [0.5, 0.6) is 5.75 Å². The van der Waals surface area contributed by atoms with E-state index in [1.165, 1.54) is 0 Å². The summed E-state index contributed by atoms with van der Waals surface area (Å²) in [5.74, 6) is -2.81. The molecule has 8 nitrogen and oxygen atoms in total. The van der Waals surface area contributed by atoms with Crippen LogP contribution in [0.4, 0.5) is 0 Å². The molecule has 1 aromatic rings. The van der Waals surface area contributed by atoms with Crippen LogP contribution in [-0.2, 0) is 9.59 Å². The van der Waals surface area contributed by atoms with Crippen molar-refractivity contribution in [1.82, 2.24) is 9.80 Å². The Labute approximate surface area is 153 Å². The van der Waals surface area contributed by atoms with Crippen LogP contribution in [0.15, 0.2) is 24.3 Å². The Morgan fingerprint density at radius 1 is 1.12 bits per heavy atom. The number of piperazine rings is 1. The van der Waals surface area contributed by atoms with Gasteiger partial charge in [-0.1, -0.05) is 13.0 Å². The predicted octanol–water partition coefficient (Wildman–Crippen LogP) is 1.41. The number of benzene rings is 1. The van der Waals surface area contributed by atoms with Crippen LogP contribution in [0.1, 0.15) is 30.6 Å². The summed E-state index contributed by atoms with van der Waals surface area (Å²) in [6.45, 7) is 7.99. The average molecular weight is 366 g/mol. The molecule has 1 unspecified atom stereocenters. The van der Waals surface area contributed by atoms with E-state index in [0.29, 0.717) is 11.6 Å². The van der Waals surface area contributed by atoms with Gasteiger partial charge in [-0.25, -0.2) is 9.59 Å². The maximum atomic E-state index is 12.5. The number of carboxylic acids is 2. The monoisotopic (exact) mass is 366 g/mol. The van der Waals surface area contributed by atoms with Crippen molar-refractivity contribution in [3.8, 4) is 5.75 Å². The summed E-state index contributed by atoms with van der Waals surface area (Å²) in [5, 5.41) is 14.8. The molecule has 26 heavy (non-hydrogen) atoms. The number of ether oxygens (including phenoxy) is 1. The minimum Gasteiger partial charge on any atom is -0.497 e. The summed E-state index contributed by atoms with van der Waals surface area (Å²) >= 11 is 0. The lowest BCUT2D eigenvalue weighted by molar-refractivity contribution is -0.159. The van der Waals surface area contributed by atoms with E-state index >= 15 is 0 Å². The molecule has 1 aliphatic rings. The third-order valence-corrected chi connectivity index (χ3v) is 4.32. The summed E-state index contributed by atoms with van der Waals surface area (Å²) in [5.41, 5.74) is 0.710. The van der Waals surface area contributed by atoms with Crippen molar-refractivity contribution in [2.45, 2.75) is 26.3 Å². The van der Waals surface area contributed by atoms with Crippen LogP contribution in [0.25, 0.3) is 0 Å². The lowest BCUT2D eigenvalue weighted by Gasteiger charge is -2.37. The lowest BCUT2D eigenvalue weighted by atomic mass is 10.1. The van der Waals surface area contributed by atoms with Gasteiger partial charge in [-0.15, -0.1) is 0 Å². The van der Waals surface area contributed by atoms with Crippen molar-refractivity contribution >= 4 is 17.8 Å². The van der Waals surface area contributed by atoms with Gasteiger partial charge in [-0.3, -0.25) is 9.69 Å². The topological polar surface area (TPSA) is 107 Å². The van der Waals surface area contributed by atoms with E-state index in [0.717, 1.165) is 38.3 Å². The number of carboxylic acid groups (broad SMARTS) is 2. The largest absolute Gasteiger partial charge is 0.497 e. The molecule has 0 aliphatic carbocycles. The van der Waals surface area contributed by atoms with E-state index in [1.54, 1.807) is 7.11 Å². The van der Waals surface area contributed by atoms with Gasteiger partial charge in [0.1, 0.15) is 5.75 Å². The number of rotatable bonds is 4. The number of aliphatic carboxylic acids is 2. The molecule has 1 fully saturated rings. The van der Waals surface area contributed by atoms with Crippen molar-refractivity contribution in [3.63, 3.8) is 0 Å². The first-order chi connectivity index (χ1) is 12.3. The van der Waals surface area contributed by atoms with Crippen LogP contribution in [-0.4, -0.2) is 77.2 Å². The highest BCUT2D eigenvalue weighted by atomic mass is 16.5. The molecule has 0 saturated carbocycles. The van der Waals surface area contributed by atoms with E-state index in [1.807, 2.05) is 29.2 Å². The fourth-order valence-electron chi connectivity index (χ4n) is 2.56. The maximum absolute atomic E-state index is 12.5. The van der Waals surface area contributed by atoms with Gasteiger partial charge in [0.15, 0.2) is 0 Å². The van der Waals surface area contributed by atoms with E-state index < -0.39 is 11.9 Å². The summed E-state index contributed by atoms with van der Waals surface area (Å²) in [4.78, 5) is 35.1. The van der Waals surface area contributed by atoms with Gasteiger partial charge in [0.05, 0.1) is 7.11 Å². The summed E-state index contributed by atoms with van der Waals surface area (Å²) < 4.78 is 5.18. The molecular weight excluding hydrogens is 340 g/mol. The number of hydrogen-bond donors (Lipinski definition) is 2. The Bertz CT molecular complexity index is 614. The van der Waals surface area contributed by atoms with E-state index in [9.17, 15) is 4.79 Å². The minimum absolute atomic E-state index is 0.104. The Kier molecular flexibility index (Phi) is 8.57. The molecule has 1 aliphatic heterocycles. The molecular formula is C18H26N2O6. The molecule has 8 heteroatoms. The Morgan fingerprint density at radius 3 is 2.15 bits per heavy atom. The molecule has 0 radical (unpaired) electrons. The van der Waals surface area contributed by atoms with Crippen molar-refractivity contribution in [1.29, 1.82) is 0 Å². The highest BCUT2D eigenvalue weighted by Crippen LogP contribution is 2.16. The number of nitrogens with zero attached hydrogens (tertiary/aromatic N) is 2. The van der Waals surface area contributed by atoms with E-state index in [-0.39, 0.29) is 5.91 Å². The lowest BCUT2D eigenvalue weighted by Crippen LogP contribution is -2.51. The standard InChI is InChI=1S/C16H24N2O2.C2H2O4/c1-4-13(2)17-8-10-18(11-9-17)16(19)14-6-5-7-15(12-14)20-3;3-1(4)2(5)6/h5-7,12-13H,4,8-11H2,1-3H3;(H,3,4)(H,5,6). The average Bonchev–Trinajstić information content (AvgIpc) is 2.67. The number of carbonyl (C=O) groups is 3. The third kappa shape index (κ3) is 6.36. The van der Waals surface area contributed by atoms with Crippen LogP contribution < -0.4 is 4.74 Å². The molecule has 2 rings (SSSR count). The number of methoxy groups -OCH3 is 1. The number of carbonyl (C=O) groups excluding carboxylic acids is 1. The molecule has 1 atom stereocenters. The SMILES string of the molecule is CCC(C)N1CCN(C(=O)c2cccc(OC)c2)CC1.O=C(O)C(=O)O. The van der Waals surface area contributed by atoms with Crippen LogP contribution >= 0.6 is 0 Å². The molecule has 0 bridgehead atoms. The van der Waals surface area contributed by atoms with Crippen molar-refractivity contribution in [3.05, 3.63) is 29.8 Å². The zero-order valence-corrected chi connectivity index (χ0v) is 15.3. The van der Waals surface area contributed by atoms with Crippen molar-refractivity contribution in [2.24, 2.45) is 0 Å². The summed E-state index contributed by atoms with van der Waals surface area (Å²) in [6, 6.07) is 7.98. The maximum Gasteiger partial charge on any atom is 0.414 e. The summed E-state index contributed by atoms with van der Waals surface area (Å²) in [6.07, 6.45) is 1.16. The van der Waals surface area contributed by atoms with Gasteiger partial charge in [0, 0.05) is 37.8 Å². The number of hydrogen-bond acceptors (Lipinski definition) is 5. The van der Waals surface area contributed by atoms with E-state index in [4.69, 9.17) is 24.5 Å². The summed E-state index contributed by atoms with van der Waals surface area (Å²) in [7, 11) is 1.62. The second-order valence-electron chi connectivity index (χ2n) is 5.93. The molecule has 1 heterocycles. The van der Waals surface area contributed by atoms with Gasteiger partial charge >= 0.3 is 11.9 Å². The Hall–Kier alpha value is -2.61. The molecule has 144 valence electrons. The quantitative estimate of drug-likeness (QED) is 0.776. The molecule has 0 spiro atoms. The fourth-order valence-corrected chi connectivity index (χ4v) is 2.56. The van der Waals surface area contributed by atoms with Crippen molar-refractivity contribution < 1.29 is 29.3 Å². The van der Waals surface area contributed by atoms with Crippen molar-refractivity contribution in [2.75, 3.05) is 33.3 Å². The van der Waals surface area contributed by atoms with Gasteiger partial charge in [-0.05, 0) is 31.5 Å². The van der Waals surface area contributed by atoms with Crippen LogP contribution in [0.2, 0.25) is 0 Å². The van der Waals surface area contributed by atoms with Gasteiger partial charge < -0.3 is 19.8 Å². The van der Waals surface area contributed by atoms with Gasteiger partial charge in [-0.2, -0.15) is 0 Å². The first-order valence-corrected chi connectivity index (χ1v) is 8.43. The molecule has 1 amide bonds. The zero-order valence-electron chi connectivity index (χ0n) is 15.3. The molecule has 1 saturated heterocycles. The molecule has 0 aromatic heterocycles. The van der Waals surface area contributed by atoms with E-state index in [2.05, 4.69) is 18.7 Å². The fraction of sp³-hybridized carbons (Fsp3) is 0.500. The normalized spacial score (nSPS) is 15.4. The third-order valence-electron chi connectivity index (χ3n) is 4.32. The minimum atomic E-state index is -1.82. The van der Waals surface area contributed by atoms with Gasteiger partial charge in [0.2, 0.25) is 0 Å². The highest BCUT2D eigenvalue weighted by molar-refractivity contribution is 6.27. The zero-order chi connectivity index (χ0) is 19.7. The first kappa shape index (κ1) is 21.4. The van der Waals surface area contributed by atoms with Crippen LogP contribution in [0.3, 0.4) is 0 Å². The Morgan fingerprint density at radius 2 is 1.69 bits per heavy atom. The predicted molar refractivity (Wildman–Crippen MR) is 95.5 cm³/mol. The highest BCUT2D eigenvalue weighted by Gasteiger charge is 2.24. The second-order valence-corrected chi connectivity index (χ2v) is 5.93. The van der Waals surface area contributed by atoms with Crippen LogP contribution in [0, 0.1) is 0 Å². The smallest absolute Gasteiger partial charge is 0.414 e. The first-order valence-electron chi connectivity index (χ1n) is 8.43. The molecule has 2 N–H and O–H groups in total. The molecule has 1 aromatic carbocycles. The number of amides is 1. The Balaban J connectivity index is 0.000000487. The van der Waals surface area contributed by atoms with Gasteiger partial charge in [0.25, 0.3) is 5.91 Å². The second kappa shape index (κ2) is 10.4.